The molecule has 0 bridgehead atoms. The van der Waals surface area contributed by atoms with Gasteiger partial charge in [0, 0.05) is 22.9 Å². The number of carbonyl (C=O) groups is 1. The normalized spacial score (nSPS) is 10.8. The fourth-order valence-corrected chi connectivity index (χ4v) is 3.62. The van der Waals surface area contributed by atoms with Crippen LogP contribution in [0.2, 0.25) is 0 Å². The van der Waals surface area contributed by atoms with E-state index in [0.717, 1.165) is 16.8 Å². The molecule has 2 aromatic heterocycles. The highest BCUT2D eigenvalue weighted by atomic mass is 19.1. The number of halogens is 1. The fourth-order valence-electron chi connectivity index (χ4n) is 3.62. The van der Waals surface area contributed by atoms with Crippen LogP contribution in [0.15, 0.2) is 91.0 Å². The first-order chi connectivity index (χ1) is 16.1. The zero-order valence-electron chi connectivity index (χ0n) is 17.7. The Morgan fingerprint density at radius 2 is 1.67 bits per heavy atom. The van der Waals surface area contributed by atoms with Crippen LogP contribution in [0.3, 0.4) is 0 Å². The van der Waals surface area contributed by atoms with E-state index in [0.29, 0.717) is 22.8 Å². The molecule has 0 unspecified atom stereocenters. The van der Waals surface area contributed by atoms with E-state index in [1.807, 2.05) is 60.7 Å². The Balaban J connectivity index is 1.66. The van der Waals surface area contributed by atoms with Gasteiger partial charge < -0.3 is 10.1 Å². The van der Waals surface area contributed by atoms with Crippen molar-refractivity contribution in [3.05, 3.63) is 103 Å². The van der Waals surface area contributed by atoms with Crippen molar-refractivity contribution in [1.82, 2.24) is 14.6 Å². The molecule has 0 aliphatic heterocycles. The van der Waals surface area contributed by atoms with Gasteiger partial charge in [0.05, 0.1) is 18.5 Å². The number of ether oxygens (including phenoxy) is 1. The van der Waals surface area contributed by atoms with Crippen LogP contribution in [0, 0.1) is 5.82 Å². The number of para-hydroxylation sites is 1. The minimum Gasteiger partial charge on any atom is -0.496 e. The van der Waals surface area contributed by atoms with Crippen LogP contribution in [0.5, 0.6) is 5.75 Å². The molecule has 5 aromatic rings. The molecule has 1 amide bonds. The van der Waals surface area contributed by atoms with Crippen molar-refractivity contribution >= 4 is 17.2 Å². The highest BCUT2D eigenvalue weighted by molar-refractivity contribution is 6.04. The van der Waals surface area contributed by atoms with Crippen molar-refractivity contribution < 1.29 is 13.9 Å². The van der Waals surface area contributed by atoms with Gasteiger partial charge in [-0.05, 0) is 42.5 Å². The van der Waals surface area contributed by atoms with Crippen molar-refractivity contribution in [2.45, 2.75) is 0 Å². The molecule has 5 rings (SSSR count). The number of hydrogen-bond donors (Lipinski definition) is 1. The number of hydrogen-bond acceptors (Lipinski definition) is 4. The minimum absolute atomic E-state index is 0.201. The number of fused-ring (bicyclic) bond motifs is 1. The lowest BCUT2D eigenvalue weighted by molar-refractivity contribution is 0.102. The Morgan fingerprint density at radius 3 is 2.42 bits per heavy atom. The highest BCUT2D eigenvalue weighted by Gasteiger charge is 2.18. The van der Waals surface area contributed by atoms with E-state index in [1.54, 1.807) is 17.7 Å². The predicted molar refractivity (Wildman–Crippen MR) is 125 cm³/mol. The van der Waals surface area contributed by atoms with Gasteiger partial charge in [-0.1, -0.05) is 42.5 Å². The number of methoxy groups -OCH3 is 1. The van der Waals surface area contributed by atoms with Gasteiger partial charge in [-0.2, -0.15) is 5.10 Å². The van der Waals surface area contributed by atoms with Crippen molar-refractivity contribution in [3.8, 4) is 28.3 Å². The quantitative estimate of drug-likeness (QED) is 0.395. The van der Waals surface area contributed by atoms with Crippen molar-refractivity contribution in [1.29, 1.82) is 0 Å². The second kappa shape index (κ2) is 8.55. The average Bonchev–Trinajstić information content (AvgIpc) is 3.30. The number of rotatable bonds is 5. The summed E-state index contributed by atoms with van der Waals surface area (Å²) in [6, 6.07) is 26.4. The third-order valence-electron chi connectivity index (χ3n) is 5.21. The summed E-state index contributed by atoms with van der Waals surface area (Å²) in [6.07, 6.45) is 0. The predicted octanol–water partition coefficient (Wildman–Crippen LogP) is 5.46. The number of amides is 1. The molecule has 33 heavy (non-hydrogen) atoms. The molecule has 0 saturated heterocycles. The molecule has 3 aromatic carbocycles. The maximum Gasteiger partial charge on any atom is 0.274 e. The Hall–Kier alpha value is -4.52. The molecule has 0 atom stereocenters. The topological polar surface area (TPSA) is 68.5 Å². The van der Waals surface area contributed by atoms with Gasteiger partial charge in [-0.25, -0.2) is 13.9 Å². The Kier molecular flexibility index (Phi) is 5.28. The second-order valence-electron chi connectivity index (χ2n) is 7.35. The van der Waals surface area contributed by atoms with Crippen molar-refractivity contribution in [2.24, 2.45) is 0 Å². The van der Waals surface area contributed by atoms with Crippen LogP contribution in [0.25, 0.3) is 28.2 Å². The summed E-state index contributed by atoms with van der Waals surface area (Å²) in [6.45, 7) is 0. The summed E-state index contributed by atoms with van der Waals surface area (Å²) in [5.74, 6) is -0.145. The molecule has 6 nitrogen and oxygen atoms in total. The van der Waals surface area contributed by atoms with E-state index in [9.17, 15) is 9.18 Å². The first-order valence-electron chi connectivity index (χ1n) is 10.3. The molecule has 0 radical (unpaired) electrons. The Labute approximate surface area is 189 Å². The molecule has 0 aliphatic rings. The molecular weight excluding hydrogens is 419 g/mol. The third kappa shape index (κ3) is 4.04. The van der Waals surface area contributed by atoms with Gasteiger partial charge in [-0.3, -0.25) is 4.79 Å². The van der Waals surface area contributed by atoms with Crippen molar-refractivity contribution in [3.63, 3.8) is 0 Å². The minimum atomic E-state index is -0.414. The fraction of sp³-hybridized carbons (Fsp3) is 0.0385. The van der Waals surface area contributed by atoms with Gasteiger partial charge in [0.25, 0.3) is 5.91 Å². The lowest BCUT2D eigenvalue weighted by Crippen LogP contribution is -2.15. The molecule has 162 valence electrons. The number of carbonyl (C=O) groups excluding carboxylic acids is 1. The van der Waals surface area contributed by atoms with Gasteiger partial charge in [0.1, 0.15) is 17.3 Å². The van der Waals surface area contributed by atoms with E-state index < -0.39 is 5.91 Å². The van der Waals surface area contributed by atoms with Gasteiger partial charge in [0.2, 0.25) is 0 Å². The maximum absolute atomic E-state index is 13.2. The van der Waals surface area contributed by atoms with E-state index in [1.165, 1.54) is 24.3 Å². The summed E-state index contributed by atoms with van der Waals surface area (Å²) < 4.78 is 20.5. The third-order valence-corrected chi connectivity index (χ3v) is 5.21. The van der Waals surface area contributed by atoms with Gasteiger partial charge in [-0.15, -0.1) is 0 Å². The maximum atomic E-state index is 13.2. The first-order valence-corrected chi connectivity index (χ1v) is 10.3. The lowest BCUT2D eigenvalue weighted by atomic mass is 10.1. The Bertz CT molecular complexity index is 1450. The molecule has 0 saturated carbocycles. The number of anilines is 1. The molecule has 2 heterocycles. The van der Waals surface area contributed by atoms with Gasteiger partial charge in [0.15, 0.2) is 5.65 Å². The largest absolute Gasteiger partial charge is 0.496 e. The van der Waals surface area contributed by atoms with Crippen LogP contribution in [0.4, 0.5) is 10.1 Å². The molecule has 7 heteroatoms. The molecular formula is C26H19FN4O2. The van der Waals surface area contributed by atoms with Crippen molar-refractivity contribution in [2.75, 3.05) is 12.4 Å². The van der Waals surface area contributed by atoms with Crippen LogP contribution in [0.1, 0.15) is 10.5 Å². The van der Waals surface area contributed by atoms with Crippen LogP contribution < -0.4 is 10.1 Å². The molecule has 0 spiro atoms. The number of nitrogens with zero attached hydrogens (tertiary/aromatic N) is 3. The van der Waals surface area contributed by atoms with E-state index in [-0.39, 0.29) is 11.5 Å². The standard InChI is InChI=1S/C26H19FN4O2/c1-33-24-10-6-5-9-20(24)23-15-22(26(32)28-19-13-11-18(27)12-14-19)29-25-16-21(30-31(23)25)17-7-3-2-4-8-17/h2-16H,1H3,(H,28,32). The smallest absolute Gasteiger partial charge is 0.274 e. The first kappa shape index (κ1) is 20.4. The molecule has 0 aliphatic carbocycles. The molecule has 0 fully saturated rings. The van der Waals surface area contributed by atoms with Gasteiger partial charge >= 0.3 is 0 Å². The number of nitrogens with one attached hydrogen (secondary N) is 1. The van der Waals surface area contributed by atoms with E-state index in [2.05, 4.69) is 10.3 Å². The van der Waals surface area contributed by atoms with Crippen LogP contribution in [-0.4, -0.2) is 27.6 Å². The van der Waals surface area contributed by atoms with E-state index >= 15 is 0 Å². The zero-order valence-corrected chi connectivity index (χ0v) is 17.7. The van der Waals surface area contributed by atoms with Crippen LogP contribution >= 0.6 is 0 Å². The monoisotopic (exact) mass is 438 g/mol. The summed E-state index contributed by atoms with van der Waals surface area (Å²) >= 11 is 0. The SMILES string of the molecule is COc1ccccc1-c1cc(C(=O)Nc2ccc(F)cc2)nc2cc(-c3ccccc3)nn12. The summed E-state index contributed by atoms with van der Waals surface area (Å²) in [5, 5.41) is 7.52. The summed E-state index contributed by atoms with van der Waals surface area (Å²) in [7, 11) is 1.60. The summed E-state index contributed by atoms with van der Waals surface area (Å²) in [5.41, 5.74) is 4.28. The lowest BCUT2D eigenvalue weighted by Gasteiger charge is -2.12. The Morgan fingerprint density at radius 1 is 0.939 bits per heavy atom. The van der Waals surface area contributed by atoms with Crippen LogP contribution in [-0.2, 0) is 0 Å². The second-order valence-corrected chi connectivity index (χ2v) is 7.35. The average molecular weight is 438 g/mol. The molecule has 1 N–H and O–H groups in total. The number of benzene rings is 3. The zero-order chi connectivity index (χ0) is 22.8. The highest BCUT2D eigenvalue weighted by Crippen LogP contribution is 2.31. The summed E-state index contributed by atoms with van der Waals surface area (Å²) in [4.78, 5) is 17.6. The number of aromatic nitrogens is 3. The van der Waals surface area contributed by atoms with E-state index in [4.69, 9.17) is 9.84 Å².